The van der Waals surface area contributed by atoms with Crippen LogP contribution in [-0.4, -0.2) is 44.9 Å². The van der Waals surface area contributed by atoms with Crippen molar-refractivity contribution in [2.24, 2.45) is 0 Å². The van der Waals surface area contributed by atoms with E-state index in [1.807, 2.05) is 0 Å². The SMILES string of the molecule is O=C(NCCNS(=O)(=O)c1ccccc1[N+](=O)[O-])C1CCCCN1. The van der Waals surface area contributed by atoms with Crippen LogP contribution >= 0.6 is 0 Å². The Kier molecular flexibility index (Phi) is 6.23. The topological polar surface area (TPSA) is 130 Å². The first-order valence-corrected chi connectivity index (χ1v) is 9.14. The number of carbonyl (C=O) groups is 1. The third kappa shape index (κ3) is 4.73. The van der Waals surface area contributed by atoms with Crippen molar-refractivity contribution in [2.75, 3.05) is 19.6 Å². The molecule has 1 amide bonds. The van der Waals surface area contributed by atoms with E-state index >= 15 is 0 Å². The molecule has 3 N–H and O–H groups in total. The molecule has 1 aromatic rings. The van der Waals surface area contributed by atoms with E-state index in [4.69, 9.17) is 0 Å². The van der Waals surface area contributed by atoms with Crippen molar-refractivity contribution in [1.29, 1.82) is 0 Å². The van der Waals surface area contributed by atoms with Crippen molar-refractivity contribution < 1.29 is 18.1 Å². The van der Waals surface area contributed by atoms with Gasteiger partial charge in [-0.1, -0.05) is 18.6 Å². The second-order valence-electron chi connectivity index (χ2n) is 5.42. The van der Waals surface area contributed by atoms with Gasteiger partial charge in [0, 0.05) is 19.2 Å². The first-order chi connectivity index (χ1) is 11.4. The molecule has 24 heavy (non-hydrogen) atoms. The van der Waals surface area contributed by atoms with Gasteiger partial charge < -0.3 is 10.6 Å². The Morgan fingerprint density at radius 3 is 2.71 bits per heavy atom. The van der Waals surface area contributed by atoms with Gasteiger partial charge in [0.1, 0.15) is 0 Å². The third-order valence-corrected chi connectivity index (χ3v) is 5.20. The van der Waals surface area contributed by atoms with Crippen molar-refractivity contribution in [3.05, 3.63) is 34.4 Å². The van der Waals surface area contributed by atoms with Gasteiger partial charge in [-0.3, -0.25) is 14.9 Å². The highest BCUT2D eigenvalue weighted by molar-refractivity contribution is 7.89. The molecule has 0 radical (unpaired) electrons. The molecular weight excluding hydrogens is 336 g/mol. The van der Waals surface area contributed by atoms with Gasteiger partial charge in [0.15, 0.2) is 4.90 Å². The molecule has 1 unspecified atom stereocenters. The summed E-state index contributed by atoms with van der Waals surface area (Å²) in [5.74, 6) is -0.167. The molecule has 1 aromatic carbocycles. The van der Waals surface area contributed by atoms with E-state index < -0.39 is 25.5 Å². The van der Waals surface area contributed by atoms with Crippen molar-refractivity contribution in [2.45, 2.75) is 30.2 Å². The van der Waals surface area contributed by atoms with Crippen LogP contribution in [0.2, 0.25) is 0 Å². The van der Waals surface area contributed by atoms with Crippen LogP contribution in [0.4, 0.5) is 5.69 Å². The van der Waals surface area contributed by atoms with Crippen molar-refractivity contribution >= 4 is 21.6 Å². The Labute approximate surface area is 140 Å². The number of sulfonamides is 1. The Hall–Kier alpha value is -2.04. The van der Waals surface area contributed by atoms with E-state index in [1.54, 1.807) is 0 Å². The van der Waals surface area contributed by atoms with Gasteiger partial charge in [0.05, 0.1) is 11.0 Å². The molecule has 1 aliphatic heterocycles. The lowest BCUT2D eigenvalue weighted by Gasteiger charge is -2.22. The van der Waals surface area contributed by atoms with E-state index in [2.05, 4.69) is 15.4 Å². The Morgan fingerprint density at radius 1 is 1.29 bits per heavy atom. The summed E-state index contributed by atoms with van der Waals surface area (Å²) in [4.78, 5) is 21.7. The lowest BCUT2D eigenvalue weighted by Crippen LogP contribution is -2.48. The largest absolute Gasteiger partial charge is 0.353 e. The van der Waals surface area contributed by atoms with E-state index in [0.29, 0.717) is 0 Å². The first kappa shape index (κ1) is 18.3. The zero-order valence-electron chi connectivity index (χ0n) is 13.0. The molecule has 1 saturated heterocycles. The van der Waals surface area contributed by atoms with E-state index in [-0.39, 0.29) is 25.0 Å². The summed E-state index contributed by atoms with van der Waals surface area (Å²) in [5.41, 5.74) is -0.486. The normalized spacial score (nSPS) is 18.1. The summed E-state index contributed by atoms with van der Waals surface area (Å²) in [6.07, 6.45) is 2.78. The molecule has 1 fully saturated rings. The highest BCUT2D eigenvalue weighted by Crippen LogP contribution is 2.22. The van der Waals surface area contributed by atoms with Crippen molar-refractivity contribution in [3.63, 3.8) is 0 Å². The van der Waals surface area contributed by atoms with Crippen molar-refractivity contribution in [3.8, 4) is 0 Å². The van der Waals surface area contributed by atoms with Gasteiger partial charge in [-0.25, -0.2) is 13.1 Å². The van der Waals surface area contributed by atoms with Crippen LogP contribution in [0.25, 0.3) is 0 Å². The zero-order chi connectivity index (χ0) is 17.6. The van der Waals surface area contributed by atoms with Gasteiger partial charge in [-0.2, -0.15) is 0 Å². The second-order valence-corrected chi connectivity index (χ2v) is 7.15. The third-order valence-electron chi connectivity index (χ3n) is 3.69. The molecule has 1 aliphatic rings. The monoisotopic (exact) mass is 356 g/mol. The number of hydrogen-bond acceptors (Lipinski definition) is 6. The highest BCUT2D eigenvalue weighted by Gasteiger charge is 2.25. The number of nitro benzene ring substituents is 1. The van der Waals surface area contributed by atoms with Crippen LogP contribution in [-0.2, 0) is 14.8 Å². The number of nitrogens with one attached hydrogen (secondary N) is 3. The molecule has 1 atom stereocenters. The predicted octanol–water partition coefficient (Wildman–Crippen LogP) is 0.131. The fraction of sp³-hybridized carbons (Fsp3) is 0.500. The summed E-state index contributed by atoms with van der Waals surface area (Å²) in [7, 11) is -4.02. The molecule has 9 nitrogen and oxygen atoms in total. The minimum absolute atomic E-state index is 0.0488. The van der Waals surface area contributed by atoms with Gasteiger partial charge in [-0.05, 0) is 25.5 Å². The van der Waals surface area contributed by atoms with Crippen LogP contribution in [0.3, 0.4) is 0 Å². The summed E-state index contributed by atoms with van der Waals surface area (Å²) in [6.45, 7) is 0.853. The molecule has 10 heteroatoms. The smallest absolute Gasteiger partial charge is 0.289 e. The standard InChI is InChI=1S/C14H20N4O5S/c19-14(11-5-3-4-8-15-11)16-9-10-17-24(22,23)13-7-2-1-6-12(13)18(20)21/h1-2,6-7,11,15,17H,3-5,8-10H2,(H,16,19). The van der Waals surface area contributed by atoms with Crippen LogP contribution in [0.5, 0.6) is 0 Å². The lowest BCUT2D eigenvalue weighted by atomic mass is 10.0. The van der Waals surface area contributed by atoms with E-state index in [1.165, 1.54) is 18.2 Å². The Balaban J connectivity index is 1.87. The molecule has 1 heterocycles. The summed E-state index contributed by atoms with van der Waals surface area (Å²) >= 11 is 0. The predicted molar refractivity (Wildman–Crippen MR) is 86.9 cm³/mol. The molecule has 0 aromatic heterocycles. The molecule has 0 aliphatic carbocycles. The molecule has 0 bridgehead atoms. The first-order valence-electron chi connectivity index (χ1n) is 7.66. The summed E-state index contributed by atoms with van der Waals surface area (Å²) in [6, 6.07) is 4.87. The summed E-state index contributed by atoms with van der Waals surface area (Å²) < 4.78 is 26.6. The number of nitro groups is 1. The maximum atomic E-state index is 12.2. The molecule has 2 rings (SSSR count). The number of rotatable bonds is 7. The Bertz CT molecular complexity index is 701. The van der Waals surface area contributed by atoms with Crippen LogP contribution in [0.1, 0.15) is 19.3 Å². The number of benzene rings is 1. The van der Waals surface area contributed by atoms with E-state index in [9.17, 15) is 23.3 Å². The zero-order valence-corrected chi connectivity index (χ0v) is 13.8. The Morgan fingerprint density at radius 2 is 2.04 bits per heavy atom. The van der Waals surface area contributed by atoms with Crippen LogP contribution in [0.15, 0.2) is 29.2 Å². The average Bonchev–Trinajstić information content (AvgIpc) is 2.59. The molecular formula is C14H20N4O5S. The van der Waals surface area contributed by atoms with Gasteiger partial charge in [-0.15, -0.1) is 0 Å². The van der Waals surface area contributed by atoms with Gasteiger partial charge in [0.2, 0.25) is 15.9 Å². The highest BCUT2D eigenvalue weighted by atomic mass is 32.2. The second kappa shape index (κ2) is 8.18. The number of carbonyl (C=O) groups excluding carboxylic acids is 1. The molecule has 132 valence electrons. The molecule has 0 saturated carbocycles. The number of amides is 1. The lowest BCUT2D eigenvalue weighted by molar-refractivity contribution is -0.387. The fourth-order valence-electron chi connectivity index (χ4n) is 2.48. The maximum absolute atomic E-state index is 12.2. The van der Waals surface area contributed by atoms with Crippen LogP contribution in [0, 0.1) is 10.1 Å². The number of para-hydroxylation sites is 1. The molecule has 0 spiro atoms. The summed E-state index contributed by atoms with van der Waals surface area (Å²) in [5, 5.41) is 16.7. The van der Waals surface area contributed by atoms with Crippen LogP contribution < -0.4 is 15.4 Å². The number of piperidine rings is 1. The number of nitrogens with zero attached hydrogens (tertiary/aromatic N) is 1. The quantitative estimate of drug-likeness (QED) is 0.362. The maximum Gasteiger partial charge on any atom is 0.289 e. The minimum Gasteiger partial charge on any atom is -0.353 e. The van der Waals surface area contributed by atoms with Gasteiger partial charge >= 0.3 is 0 Å². The fourth-order valence-corrected chi connectivity index (χ4v) is 3.68. The average molecular weight is 356 g/mol. The van der Waals surface area contributed by atoms with Crippen molar-refractivity contribution in [1.82, 2.24) is 15.4 Å². The van der Waals surface area contributed by atoms with E-state index in [0.717, 1.165) is 31.9 Å². The number of hydrogen-bond donors (Lipinski definition) is 3. The minimum atomic E-state index is -4.02. The van der Waals surface area contributed by atoms with Gasteiger partial charge in [0.25, 0.3) is 5.69 Å².